The largest absolute Gasteiger partial charge is 0.497 e. The lowest BCUT2D eigenvalue weighted by molar-refractivity contribution is -0.121. The standard InChI is InChI=1S/C20H27N5O3S/c1-28-16-7-5-15(6-8-16)22-19(27)20-24-23-18(29-20)10-9-17(26)21-11-14-25-12-3-2-4-13-25/h5-8H,2-4,9-14H2,1H3,(H,21,26)(H,22,27). The van der Waals surface area contributed by atoms with E-state index in [1.807, 2.05) is 0 Å². The van der Waals surface area contributed by atoms with E-state index in [4.69, 9.17) is 4.74 Å². The van der Waals surface area contributed by atoms with Gasteiger partial charge in [-0.05, 0) is 50.2 Å². The highest BCUT2D eigenvalue weighted by Crippen LogP contribution is 2.17. The highest BCUT2D eigenvalue weighted by molar-refractivity contribution is 7.13. The number of carbonyl (C=O) groups excluding carboxylic acids is 2. The molecule has 1 aliphatic rings. The molecule has 2 heterocycles. The molecule has 2 N–H and O–H groups in total. The van der Waals surface area contributed by atoms with Crippen LogP contribution in [0.2, 0.25) is 0 Å². The maximum atomic E-state index is 12.3. The van der Waals surface area contributed by atoms with E-state index in [0.717, 1.165) is 25.4 Å². The predicted octanol–water partition coefficient (Wildman–Crippen LogP) is 2.33. The Morgan fingerprint density at radius 3 is 2.62 bits per heavy atom. The molecule has 0 radical (unpaired) electrons. The smallest absolute Gasteiger partial charge is 0.286 e. The van der Waals surface area contributed by atoms with Gasteiger partial charge in [0.05, 0.1) is 7.11 Å². The summed E-state index contributed by atoms with van der Waals surface area (Å²) in [6.45, 7) is 3.83. The zero-order chi connectivity index (χ0) is 20.5. The molecule has 9 heteroatoms. The van der Waals surface area contributed by atoms with Crippen molar-refractivity contribution in [1.29, 1.82) is 0 Å². The molecule has 1 aromatic carbocycles. The van der Waals surface area contributed by atoms with E-state index in [-0.39, 0.29) is 16.8 Å². The number of anilines is 1. The van der Waals surface area contributed by atoms with Gasteiger partial charge < -0.3 is 20.3 Å². The summed E-state index contributed by atoms with van der Waals surface area (Å²) in [6, 6.07) is 7.05. The van der Waals surface area contributed by atoms with Gasteiger partial charge in [0.15, 0.2) is 0 Å². The second-order valence-electron chi connectivity index (χ2n) is 6.94. The van der Waals surface area contributed by atoms with E-state index in [0.29, 0.717) is 30.1 Å². The molecule has 2 amide bonds. The van der Waals surface area contributed by atoms with Crippen molar-refractivity contribution >= 4 is 28.8 Å². The number of amides is 2. The van der Waals surface area contributed by atoms with Crippen molar-refractivity contribution in [3.63, 3.8) is 0 Å². The van der Waals surface area contributed by atoms with Gasteiger partial charge in [-0.15, -0.1) is 10.2 Å². The monoisotopic (exact) mass is 417 g/mol. The van der Waals surface area contributed by atoms with Crippen molar-refractivity contribution in [3.05, 3.63) is 34.3 Å². The van der Waals surface area contributed by atoms with Crippen LogP contribution in [0.1, 0.15) is 40.5 Å². The summed E-state index contributed by atoms with van der Waals surface area (Å²) < 4.78 is 5.10. The van der Waals surface area contributed by atoms with Crippen molar-refractivity contribution in [1.82, 2.24) is 20.4 Å². The van der Waals surface area contributed by atoms with Crippen LogP contribution in [0, 0.1) is 0 Å². The number of nitrogens with one attached hydrogen (secondary N) is 2. The molecule has 156 valence electrons. The number of benzene rings is 1. The molecule has 0 aliphatic carbocycles. The third kappa shape index (κ3) is 6.79. The van der Waals surface area contributed by atoms with Gasteiger partial charge in [0, 0.05) is 31.6 Å². The van der Waals surface area contributed by atoms with Gasteiger partial charge in [-0.2, -0.15) is 0 Å². The highest BCUT2D eigenvalue weighted by Gasteiger charge is 2.14. The maximum Gasteiger partial charge on any atom is 0.286 e. The number of nitrogens with zero attached hydrogens (tertiary/aromatic N) is 3. The Hall–Kier alpha value is -2.52. The number of hydrogen-bond acceptors (Lipinski definition) is 7. The normalized spacial score (nSPS) is 14.4. The minimum Gasteiger partial charge on any atom is -0.497 e. The molecule has 0 atom stereocenters. The third-order valence-corrected chi connectivity index (χ3v) is 5.76. The molecule has 3 rings (SSSR count). The van der Waals surface area contributed by atoms with E-state index < -0.39 is 0 Å². The quantitative estimate of drug-likeness (QED) is 0.650. The molecule has 1 fully saturated rings. The lowest BCUT2D eigenvalue weighted by Crippen LogP contribution is -2.37. The minimum atomic E-state index is -0.315. The molecule has 29 heavy (non-hydrogen) atoms. The van der Waals surface area contributed by atoms with Crippen LogP contribution < -0.4 is 15.4 Å². The molecule has 0 saturated carbocycles. The highest BCUT2D eigenvalue weighted by atomic mass is 32.1. The lowest BCUT2D eigenvalue weighted by atomic mass is 10.1. The fraction of sp³-hybridized carbons (Fsp3) is 0.500. The Labute approximate surface area is 174 Å². The minimum absolute atomic E-state index is 0.00134. The first kappa shape index (κ1) is 21.2. The summed E-state index contributed by atoms with van der Waals surface area (Å²) >= 11 is 1.21. The summed E-state index contributed by atoms with van der Waals surface area (Å²) in [5.41, 5.74) is 0.653. The first-order valence-electron chi connectivity index (χ1n) is 9.91. The van der Waals surface area contributed by atoms with Gasteiger partial charge in [0.2, 0.25) is 10.9 Å². The summed E-state index contributed by atoms with van der Waals surface area (Å²) in [5, 5.41) is 14.7. The number of carbonyl (C=O) groups is 2. The van der Waals surface area contributed by atoms with Crippen molar-refractivity contribution in [3.8, 4) is 5.75 Å². The maximum absolute atomic E-state index is 12.3. The van der Waals surface area contributed by atoms with Crippen molar-refractivity contribution < 1.29 is 14.3 Å². The summed E-state index contributed by atoms with van der Waals surface area (Å²) in [4.78, 5) is 26.7. The second-order valence-corrected chi connectivity index (χ2v) is 8.00. The van der Waals surface area contributed by atoms with E-state index in [1.165, 1.54) is 30.6 Å². The number of methoxy groups -OCH3 is 1. The average Bonchev–Trinajstić information content (AvgIpc) is 3.23. The van der Waals surface area contributed by atoms with Gasteiger partial charge >= 0.3 is 0 Å². The molecule has 0 bridgehead atoms. The van der Waals surface area contributed by atoms with E-state index in [1.54, 1.807) is 31.4 Å². The summed E-state index contributed by atoms with van der Waals surface area (Å²) in [5.74, 6) is 0.404. The summed E-state index contributed by atoms with van der Waals surface area (Å²) in [7, 11) is 1.59. The van der Waals surface area contributed by atoms with Gasteiger partial charge in [0.1, 0.15) is 10.8 Å². The number of aryl methyl sites for hydroxylation is 1. The predicted molar refractivity (Wildman–Crippen MR) is 112 cm³/mol. The van der Waals surface area contributed by atoms with Gasteiger partial charge in [-0.25, -0.2) is 0 Å². The Morgan fingerprint density at radius 2 is 1.90 bits per heavy atom. The number of ether oxygens (including phenoxy) is 1. The second kappa shape index (κ2) is 10.9. The van der Waals surface area contributed by atoms with Crippen LogP contribution in [-0.2, 0) is 11.2 Å². The molecule has 8 nitrogen and oxygen atoms in total. The first-order chi connectivity index (χ1) is 14.1. The van der Waals surface area contributed by atoms with Crippen LogP contribution in [0.4, 0.5) is 5.69 Å². The number of aromatic nitrogens is 2. The van der Waals surface area contributed by atoms with E-state index in [9.17, 15) is 9.59 Å². The number of piperidine rings is 1. The number of rotatable bonds is 9. The molecule has 0 unspecified atom stereocenters. The zero-order valence-corrected chi connectivity index (χ0v) is 17.5. The molecule has 0 spiro atoms. The summed E-state index contributed by atoms with van der Waals surface area (Å²) in [6.07, 6.45) is 4.63. The average molecular weight is 418 g/mol. The van der Waals surface area contributed by atoms with Crippen molar-refractivity contribution in [2.75, 3.05) is 38.6 Å². The molecular formula is C20H27N5O3S. The van der Waals surface area contributed by atoms with Crippen molar-refractivity contribution in [2.24, 2.45) is 0 Å². The third-order valence-electron chi connectivity index (χ3n) is 4.77. The van der Waals surface area contributed by atoms with Crippen LogP contribution in [0.5, 0.6) is 5.75 Å². The Morgan fingerprint density at radius 1 is 1.14 bits per heavy atom. The lowest BCUT2D eigenvalue weighted by Gasteiger charge is -2.26. The first-order valence-corrected chi connectivity index (χ1v) is 10.7. The molecule has 1 aliphatic heterocycles. The van der Waals surface area contributed by atoms with Gasteiger partial charge in [0.25, 0.3) is 5.91 Å². The van der Waals surface area contributed by atoms with E-state index in [2.05, 4.69) is 25.7 Å². The fourth-order valence-corrected chi connectivity index (χ4v) is 3.88. The van der Waals surface area contributed by atoms with Crippen LogP contribution in [0.15, 0.2) is 24.3 Å². The number of hydrogen-bond donors (Lipinski definition) is 2. The Bertz CT molecular complexity index is 803. The van der Waals surface area contributed by atoms with Gasteiger partial charge in [-0.3, -0.25) is 9.59 Å². The Balaban J connectivity index is 1.38. The molecule has 1 aromatic heterocycles. The zero-order valence-electron chi connectivity index (χ0n) is 16.6. The van der Waals surface area contributed by atoms with Crippen molar-refractivity contribution in [2.45, 2.75) is 32.1 Å². The van der Waals surface area contributed by atoms with E-state index >= 15 is 0 Å². The topological polar surface area (TPSA) is 96.5 Å². The Kier molecular flexibility index (Phi) is 7.94. The number of likely N-dealkylation sites (tertiary alicyclic amines) is 1. The molecule has 2 aromatic rings. The molecule has 1 saturated heterocycles. The SMILES string of the molecule is COc1ccc(NC(=O)c2nnc(CCC(=O)NCCN3CCCCC3)s2)cc1. The van der Waals surface area contributed by atoms with Crippen LogP contribution >= 0.6 is 11.3 Å². The molecular weight excluding hydrogens is 390 g/mol. The van der Waals surface area contributed by atoms with Crippen LogP contribution in [-0.4, -0.2) is 60.2 Å². The van der Waals surface area contributed by atoms with Crippen LogP contribution in [0.3, 0.4) is 0 Å². The van der Waals surface area contributed by atoms with Crippen LogP contribution in [0.25, 0.3) is 0 Å². The van der Waals surface area contributed by atoms with Gasteiger partial charge in [-0.1, -0.05) is 17.8 Å². The fourth-order valence-electron chi connectivity index (χ4n) is 3.15.